The Hall–Kier alpha value is -0.550. The quantitative estimate of drug-likeness (QED) is 0.796. The molecule has 2 atom stereocenters. The van der Waals surface area contributed by atoms with Crippen LogP contribution in [0.4, 0.5) is 0 Å². The van der Waals surface area contributed by atoms with E-state index < -0.39 is 5.60 Å². The number of hydrogen-bond acceptors (Lipinski definition) is 4. The smallest absolute Gasteiger partial charge is 0.160 e. The van der Waals surface area contributed by atoms with Gasteiger partial charge in [0.15, 0.2) is 5.82 Å². The number of thioether (sulfide) groups is 1. The third-order valence-corrected chi connectivity index (χ3v) is 4.16. The van der Waals surface area contributed by atoms with E-state index in [2.05, 4.69) is 10.1 Å². The van der Waals surface area contributed by atoms with Crippen molar-refractivity contribution >= 4 is 11.8 Å². The highest BCUT2D eigenvalue weighted by molar-refractivity contribution is 8.00. The molecule has 1 aromatic heterocycles. The largest absolute Gasteiger partial charge is 0.381 e. The molecule has 2 heterocycles. The molecule has 1 fully saturated rings. The van der Waals surface area contributed by atoms with Gasteiger partial charge in [-0.1, -0.05) is 6.92 Å². The lowest BCUT2D eigenvalue weighted by Gasteiger charge is -2.25. The molecule has 1 saturated heterocycles. The highest BCUT2D eigenvalue weighted by Crippen LogP contribution is 2.41. The fourth-order valence-corrected chi connectivity index (χ4v) is 3.14. The standard InChI is InChI=1S/C9H15N3OS/c1-3-12-8(10-6-11-12)9(13)4-5-14-7(9)2/h6-7,13H,3-5H2,1-2H3. The van der Waals surface area contributed by atoms with Gasteiger partial charge in [0.05, 0.1) is 0 Å². The molecule has 14 heavy (non-hydrogen) atoms. The van der Waals surface area contributed by atoms with Crippen LogP contribution < -0.4 is 0 Å². The minimum absolute atomic E-state index is 0.206. The first-order valence-corrected chi connectivity index (χ1v) is 5.95. The van der Waals surface area contributed by atoms with E-state index in [1.54, 1.807) is 16.4 Å². The van der Waals surface area contributed by atoms with Crippen molar-refractivity contribution in [1.29, 1.82) is 0 Å². The van der Waals surface area contributed by atoms with Gasteiger partial charge in [0.25, 0.3) is 0 Å². The summed E-state index contributed by atoms with van der Waals surface area (Å²) in [6, 6.07) is 0. The molecule has 1 aliphatic rings. The topological polar surface area (TPSA) is 50.9 Å². The fourth-order valence-electron chi connectivity index (χ4n) is 1.86. The summed E-state index contributed by atoms with van der Waals surface area (Å²) in [6.07, 6.45) is 2.30. The zero-order valence-corrected chi connectivity index (χ0v) is 9.29. The van der Waals surface area contributed by atoms with Crippen LogP contribution in [0.2, 0.25) is 0 Å². The van der Waals surface area contributed by atoms with Gasteiger partial charge in [0, 0.05) is 11.8 Å². The number of aromatic nitrogens is 3. The molecule has 1 N–H and O–H groups in total. The molecule has 0 spiro atoms. The van der Waals surface area contributed by atoms with Crippen molar-refractivity contribution in [2.45, 2.75) is 37.7 Å². The first kappa shape index (κ1) is 9.98. The Morgan fingerprint density at radius 1 is 1.79 bits per heavy atom. The molecule has 78 valence electrons. The van der Waals surface area contributed by atoms with Gasteiger partial charge in [-0.05, 0) is 19.1 Å². The Morgan fingerprint density at radius 3 is 3.14 bits per heavy atom. The van der Waals surface area contributed by atoms with Crippen molar-refractivity contribution in [2.75, 3.05) is 5.75 Å². The first-order chi connectivity index (χ1) is 6.68. The Balaban J connectivity index is 2.37. The van der Waals surface area contributed by atoms with Gasteiger partial charge in [0.1, 0.15) is 11.9 Å². The Kier molecular flexibility index (Phi) is 2.53. The van der Waals surface area contributed by atoms with Crippen LogP contribution in [0.1, 0.15) is 26.1 Å². The van der Waals surface area contributed by atoms with Crippen LogP contribution in [0.5, 0.6) is 0 Å². The van der Waals surface area contributed by atoms with Crippen LogP contribution in [0.25, 0.3) is 0 Å². The second kappa shape index (κ2) is 3.55. The summed E-state index contributed by atoms with van der Waals surface area (Å²) >= 11 is 1.79. The molecule has 4 nitrogen and oxygen atoms in total. The second-order valence-corrected chi connectivity index (χ2v) is 5.04. The van der Waals surface area contributed by atoms with Crippen molar-refractivity contribution in [3.8, 4) is 0 Å². The van der Waals surface area contributed by atoms with Crippen LogP contribution in [0.3, 0.4) is 0 Å². The van der Waals surface area contributed by atoms with E-state index >= 15 is 0 Å². The molecule has 0 aliphatic carbocycles. The Morgan fingerprint density at radius 2 is 2.57 bits per heavy atom. The van der Waals surface area contributed by atoms with Crippen LogP contribution >= 0.6 is 11.8 Å². The normalized spacial score (nSPS) is 32.4. The van der Waals surface area contributed by atoms with Crippen LogP contribution in [-0.4, -0.2) is 30.9 Å². The third kappa shape index (κ3) is 1.35. The molecule has 0 aromatic carbocycles. The van der Waals surface area contributed by atoms with Crippen LogP contribution in [0.15, 0.2) is 6.33 Å². The Labute approximate surface area is 87.7 Å². The third-order valence-electron chi connectivity index (χ3n) is 2.83. The lowest BCUT2D eigenvalue weighted by Crippen LogP contribution is -2.35. The molecule has 1 aromatic rings. The average Bonchev–Trinajstić information content (AvgIpc) is 2.75. The van der Waals surface area contributed by atoms with Crippen molar-refractivity contribution in [3.63, 3.8) is 0 Å². The number of aryl methyl sites for hydroxylation is 1. The van der Waals surface area contributed by atoms with E-state index in [4.69, 9.17) is 0 Å². The number of rotatable bonds is 2. The predicted molar refractivity (Wildman–Crippen MR) is 56.1 cm³/mol. The minimum atomic E-state index is -0.781. The van der Waals surface area contributed by atoms with Crippen LogP contribution in [-0.2, 0) is 12.1 Å². The molecule has 0 amide bonds. The van der Waals surface area contributed by atoms with E-state index in [0.29, 0.717) is 0 Å². The van der Waals surface area contributed by atoms with Gasteiger partial charge in [-0.3, -0.25) is 0 Å². The lowest BCUT2D eigenvalue weighted by atomic mass is 9.96. The summed E-state index contributed by atoms with van der Waals surface area (Å²) in [4.78, 5) is 4.18. The molecule has 0 bridgehead atoms. The van der Waals surface area contributed by atoms with Crippen molar-refractivity contribution < 1.29 is 5.11 Å². The van der Waals surface area contributed by atoms with Gasteiger partial charge in [-0.2, -0.15) is 16.9 Å². The first-order valence-electron chi connectivity index (χ1n) is 4.90. The molecule has 2 unspecified atom stereocenters. The van der Waals surface area contributed by atoms with Crippen molar-refractivity contribution in [1.82, 2.24) is 14.8 Å². The van der Waals surface area contributed by atoms with E-state index in [9.17, 15) is 5.11 Å². The summed E-state index contributed by atoms with van der Waals surface area (Å²) in [6.45, 7) is 4.82. The van der Waals surface area contributed by atoms with Gasteiger partial charge < -0.3 is 5.11 Å². The molecule has 0 saturated carbocycles. The van der Waals surface area contributed by atoms with Gasteiger partial charge >= 0.3 is 0 Å². The number of aliphatic hydroxyl groups is 1. The van der Waals surface area contributed by atoms with E-state index in [0.717, 1.165) is 24.5 Å². The molecule has 2 rings (SSSR count). The van der Waals surface area contributed by atoms with E-state index in [-0.39, 0.29) is 5.25 Å². The molecule has 1 aliphatic heterocycles. The summed E-state index contributed by atoms with van der Waals surface area (Å²) in [5, 5.41) is 14.8. The number of hydrogen-bond donors (Lipinski definition) is 1. The maximum absolute atomic E-state index is 10.5. The van der Waals surface area contributed by atoms with E-state index in [1.807, 2.05) is 13.8 Å². The fraction of sp³-hybridized carbons (Fsp3) is 0.778. The number of nitrogens with zero attached hydrogens (tertiary/aromatic N) is 3. The highest BCUT2D eigenvalue weighted by atomic mass is 32.2. The van der Waals surface area contributed by atoms with Gasteiger partial charge in [-0.15, -0.1) is 0 Å². The average molecular weight is 213 g/mol. The zero-order chi connectivity index (χ0) is 10.2. The Bertz CT molecular complexity index is 328. The summed E-state index contributed by atoms with van der Waals surface area (Å²) in [5.41, 5.74) is -0.781. The summed E-state index contributed by atoms with van der Waals surface area (Å²) < 4.78 is 1.78. The molecule has 0 radical (unpaired) electrons. The molecule has 5 heteroatoms. The highest BCUT2D eigenvalue weighted by Gasteiger charge is 2.44. The van der Waals surface area contributed by atoms with Gasteiger partial charge in [0.2, 0.25) is 0 Å². The summed E-state index contributed by atoms with van der Waals surface area (Å²) in [7, 11) is 0. The maximum Gasteiger partial charge on any atom is 0.160 e. The second-order valence-electron chi connectivity index (χ2n) is 3.59. The monoisotopic (exact) mass is 213 g/mol. The van der Waals surface area contributed by atoms with Crippen molar-refractivity contribution in [2.24, 2.45) is 0 Å². The zero-order valence-electron chi connectivity index (χ0n) is 8.47. The molecular formula is C9H15N3OS. The predicted octanol–water partition coefficient (Wildman–Crippen LogP) is 1.01. The maximum atomic E-state index is 10.5. The lowest BCUT2D eigenvalue weighted by molar-refractivity contribution is 0.0289. The van der Waals surface area contributed by atoms with E-state index in [1.165, 1.54) is 6.33 Å². The minimum Gasteiger partial charge on any atom is -0.381 e. The molecular weight excluding hydrogens is 198 g/mol. The summed E-state index contributed by atoms with van der Waals surface area (Å²) in [5.74, 6) is 1.71. The van der Waals surface area contributed by atoms with Crippen molar-refractivity contribution in [3.05, 3.63) is 12.2 Å². The SMILES string of the molecule is CCn1ncnc1C1(O)CCSC1C. The van der Waals surface area contributed by atoms with Gasteiger partial charge in [-0.25, -0.2) is 9.67 Å². The van der Waals surface area contributed by atoms with Crippen LogP contribution in [0, 0.1) is 0 Å².